The minimum atomic E-state index is -0.723. The molecule has 4 aromatic rings. The summed E-state index contributed by atoms with van der Waals surface area (Å²) in [5.41, 5.74) is 2.36. The van der Waals surface area contributed by atoms with Gasteiger partial charge in [0.05, 0.1) is 17.0 Å². The van der Waals surface area contributed by atoms with Crippen LogP contribution in [0.4, 0.5) is 5.69 Å². The zero-order chi connectivity index (χ0) is 21.9. The average molecular weight is 471 g/mol. The molecule has 0 spiro atoms. The second-order valence-corrected chi connectivity index (χ2v) is 8.66. The van der Waals surface area contributed by atoms with Crippen molar-refractivity contribution in [1.29, 1.82) is 0 Å². The van der Waals surface area contributed by atoms with Crippen molar-refractivity contribution in [2.45, 2.75) is 13.0 Å². The van der Waals surface area contributed by atoms with Gasteiger partial charge in [0.2, 0.25) is 5.76 Å². The minimum absolute atomic E-state index is 0.00138. The van der Waals surface area contributed by atoms with E-state index in [0.717, 1.165) is 5.56 Å². The maximum Gasteiger partial charge on any atom is 0.295 e. The lowest BCUT2D eigenvalue weighted by Crippen LogP contribution is -2.29. The third-order valence-electron chi connectivity index (χ3n) is 5.43. The smallest absolute Gasteiger partial charge is 0.295 e. The van der Waals surface area contributed by atoms with Gasteiger partial charge in [-0.05, 0) is 60.5 Å². The molecule has 1 aromatic heterocycles. The molecule has 1 unspecified atom stereocenters. The van der Waals surface area contributed by atoms with E-state index < -0.39 is 11.9 Å². The van der Waals surface area contributed by atoms with Gasteiger partial charge in [-0.1, -0.05) is 53.0 Å². The Balaban J connectivity index is 1.83. The van der Waals surface area contributed by atoms with Gasteiger partial charge in [-0.25, -0.2) is 0 Å². The molecule has 0 saturated heterocycles. The second kappa shape index (κ2) is 7.41. The van der Waals surface area contributed by atoms with E-state index in [2.05, 4.69) is 0 Å². The van der Waals surface area contributed by atoms with E-state index in [1.807, 2.05) is 19.1 Å². The fourth-order valence-corrected chi connectivity index (χ4v) is 4.48. The van der Waals surface area contributed by atoms with Gasteiger partial charge >= 0.3 is 0 Å². The fraction of sp³-hybridized carbons (Fsp3) is 0.0833. The molecule has 1 amide bonds. The van der Waals surface area contributed by atoms with Gasteiger partial charge in [0, 0.05) is 20.8 Å². The summed E-state index contributed by atoms with van der Waals surface area (Å²) in [6, 6.07) is 16.4. The number of nitrogens with zero attached hydrogens (tertiary/aromatic N) is 1. The van der Waals surface area contributed by atoms with Crippen LogP contribution >= 0.6 is 34.8 Å². The summed E-state index contributed by atoms with van der Waals surface area (Å²) in [6.07, 6.45) is 0. The topological polar surface area (TPSA) is 50.5 Å². The summed E-state index contributed by atoms with van der Waals surface area (Å²) in [5, 5.41) is 1.73. The Morgan fingerprint density at radius 2 is 1.68 bits per heavy atom. The number of halogens is 3. The third kappa shape index (κ3) is 3.23. The minimum Gasteiger partial charge on any atom is -0.450 e. The molecule has 0 N–H and O–H groups in total. The van der Waals surface area contributed by atoms with E-state index in [9.17, 15) is 9.59 Å². The van der Waals surface area contributed by atoms with Gasteiger partial charge in [-0.2, -0.15) is 0 Å². The first-order valence-corrected chi connectivity index (χ1v) is 10.6. The first-order chi connectivity index (χ1) is 14.8. The van der Waals surface area contributed by atoms with Gasteiger partial charge in [-0.3, -0.25) is 14.5 Å². The molecule has 0 aliphatic carbocycles. The van der Waals surface area contributed by atoms with Gasteiger partial charge in [0.15, 0.2) is 5.43 Å². The van der Waals surface area contributed by atoms with Crippen LogP contribution in [-0.4, -0.2) is 5.91 Å². The number of aryl methyl sites for hydroxylation is 1. The molecular weight excluding hydrogens is 457 g/mol. The van der Waals surface area contributed by atoms with Crippen LogP contribution < -0.4 is 10.3 Å². The van der Waals surface area contributed by atoms with Crippen LogP contribution in [0.3, 0.4) is 0 Å². The zero-order valence-corrected chi connectivity index (χ0v) is 18.4. The highest BCUT2D eigenvalue weighted by Gasteiger charge is 2.43. The fourth-order valence-electron chi connectivity index (χ4n) is 3.94. The van der Waals surface area contributed by atoms with Crippen molar-refractivity contribution in [3.63, 3.8) is 0 Å². The SMILES string of the molecule is Cc1ccc(N2C(=O)c3oc4ccc(Cl)cc4c(=O)c3C2c2cccc(Cl)c2)cc1Cl. The van der Waals surface area contributed by atoms with Gasteiger partial charge < -0.3 is 4.42 Å². The van der Waals surface area contributed by atoms with Crippen LogP contribution in [0.15, 0.2) is 69.9 Å². The summed E-state index contributed by atoms with van der Waals surface area (Å²) >= 11 is 18.7. The van der Waals surface area contributed by atoms with Crippen molar-refractivity contribution >= 4 is 57.4 Å². The van der Waals surface area contributed by atoms with Crippen LogP contribution in [-0.2, 0) is 0 Å². The maximum absolute atomic E-state index is 13.5. The standard InChI is InChI=1S/C24H14Cl3NO3/c1-12-5-7-16(11-18(12)27)28-21(13-3-2-4-14(25)9-13)20-22(29)17-10-15(26)6-8-19(17)31-23(20)24(28)30/h2-11,21H,1H3. The zero-order valence-electron chi connectivity index (χ0n) is 16.2. The van der Waals surface area contributed by atoms with Crippen LogP contribution in [0.25, 0.3) is 11.0 Å². The highest BCUT2D eigenvalue weighted by molar-refractivity contribution is 6.32. The molecule has 0 bridgehead atoms. The molecule has 0 radical (unpaired) electrons. The van der Waals surface area contributed by atoms with Crippen molar-refractivity contribution in [1.82, 2.24) is 0 Å². The van der Waals surface area contributed by atoms with Gasteiger partial charge in [-0.15, -0.1) is 0 Å². The monoisotopic (exact) mass is 469 g/mol. The Bertz CT molecular complexity index is 1440. The van der Waals surface area contributed by atoms with Crippen LogP contribution in [0.2, 0.25) is 15.1 Å². The molecule has 154 valence electrons. The number of hydrogen-bond donors (Lipinski definition) is 0. The van der Waals surface area contributed by atoms with Crippen molar-refractivity contribution in [3.8, 4) is 0 Å². The first-order valence-electron chi connectivity index (χ1n) is 9.46. The summed E-state index contributed by atoms with van der Waals surface area (Å²) in [6.45, 7) is 1.88. The third-order valence-corrected chi connectivity index (χ3v) is 6.31. The lowest BCUT2D eigenvalue weighted by atomic mass is 9.98. The molecule has 1 atom stereocenters. The molecule has 3 aromatic carbocycles. The number of fused-ring (bicyclic) bond motifs is 2. The number of amides is 1. The van der Waals surface area contributed by atoms with Crippen molar-refractivity contribution in [2.75, 3.05) is 4.90 Å². The Kier molecular flexibility index (Phi) is 4.82. The number of benzene rings is 3. The summed E-state index contributed by atoms with van der Waals surface area (Å²) in [5.74, 6) is -0.421. The van der Waals surface area contributed by atoms with Crippen molar-refractivity contribution in [2.24, 2.45) is 0 Å². The Morgan fingerprint density at radius 1 is 0.903 bits per heavy atom. The molecule has 31 heavy (non-hydrogen) atoms. The van der Waals surface area contributed by atoms with E-state index in [0.29, 0.717) is 37.3 Å². The van der Waals surface area contributed by atoms with Crippen molar-refractivity contribution in [3.05, 3.63) is 108 Å². The molecular formula is C24H14Cl3NO3. The quantitative estimate of drug-likeness (QED) is 0.323. The number of carbonyl (C=O) groups is 1. The molecule has 5 rings (SSSR count). The molecule has 4 nitrogen and oxygen atoms in total. The molecule has 7 heteroatoms. The lowest BCUT2D eigenvalue weighted by molar-refractivity contribution is 0.0971. The van der Waals surface area contributed by atoms with Crippen LogP contribution in [0.5, 0.6) is 0 Å². The molecule has 0 fully saturated rings. The van der Waals surface area contributed by atoms with E-state index in [-0.39, 0.29) is 16.8 Å². The maximum atomic E-state index is 13.5. The summed E-state index contributed by atoms with van der Waals surface area (Å²) in [7, 11) is 0. The first kappa shape index (κ1) is 20.1. The molecule has 1 aliphatic rings. The Hall–Kier alpha value is -2.79. The largest absolute Gasteiger partial charge is 0.450 e. The van der Waals surface area contributed by atoms with E-state index in [1.165, 1.54) is 4.90 Å². The highest BCUT2D eigenvalue weighted by Crippen LogP contribution is 2.42. The van der Waals surface area contributed by atoms with E-state index in [1.54, 1.807) is 48.5 Å². The van der Waals surface area contributed by atoms with Crippen LogP contribution in [0, 0.1) is 6.92 Å². The number of carbonyl (C=O) groups excluding carboxylic acids is 1. The predicted octanol–water partition coefficient (Wildman–Crippen LogP) is 6.81. The highest BCUT2D eigenvalue weighted by atomic mass is 35.5. The van der Waals surface area contributed by atoms with Crippen molar-refractivity contribution < 1.29 is 9.21 Å². The number of hydrogen-bond acceptors (Lipinski definition) is 3. The molecule has 2 heterocycles. The van der Waals surface area contributed by atoms with Gasteiger partial charge in [0.1, 0.15) is 5.58 Å². The summed E-state index contributed by atoms with van der Waals surface area (Å²) in [4.78, 5) is 28.6. The van der Waals surface area contributed by atoms with E-state index in [4.69, 9.17) is 39.2 Å². The van der Waals surface area contributed by atoms with Gasteiger partial charge in [0.25, 0.3) is 5.91 Å². The normalized spacial score (nSPS) is 15.5. The second-order valence-electron chi connectivity index (χ2n) is 7.38. The molecule has 0 saturated carbocycles. The predicted molar refractivity (Wildman–Crippen MR) is 124 cm³/mol. The number of rotatable bonds is 2. The average Bonchev–Trinajstić information content (AvgIpc) is 3.03. The van der Waals surface area contributed by atoms with Crippen LogP contribution in [0.1, 0.15) is 33.3 Å². The summed E-state index contributed by atoms with van der Waals surface area (Å²) < 4.78 is 5.92. The lowest BCUT2D eigenvalue weighted by Gasteiger charge is -2.25. The Morgan fingerprint density at radius 3 is 2.42 bits per heavy atom. The number of anilines is 1. The Labute approximate surface area is 192 Å². The molecule has 1 aliphatic heterocycles. The van der Waals surface area contributed by atoms with E-state index >= 15 is 0 Å².